The molecule has 2 unspecified atom stereocenters. The molecule has 3 heterocycles. The molecule has 0 aliphatic carbocycles. The van der Waals surface area contributed by atoms with Gasteiger partial charge in [0.15, 0.2) is 17.4 Å². The lowest BCUT2D eigenvalue weighted by molar-refractivity contribution is -0.117. The van der Waals surface area contributed by atoms with E-state index in [0.717, 1.165) is 11.3 Å². The molecule has 172 valence electrons. The molecule has 33 heavy (non-hydrogen) atoms. The molecular formula is C25H27FN4O3. The van der Waals surface area contributed by atoms with E-state index in [1.165, 1.54) is 13.2 Å². The van der Waals surface area contributed by atoms with Crippen LogP contribution in [0.25, 0.3) is 11.3 Å². The molecule has 0 radical (unpaired) electrons. The van der Waals surface area contributed by atoms with Gasteiger partial charge in [-0.2, -0.15) is 0 Å². The van der Waals surface area contributed by atoms with Crippen molar-refractivity contribution in [2.24, 2.45) is 0 Å². The number of para-hydroxylation sites is 1. The monoisotopic (exact) mass is 450 g/mol. The average Bonchev–Trinajstić information content (AvgIpc) is 3.30. The lowest BCUT2D eigenvalue weighted by Crippen LogP contribution is -2.44. The van der Waals surface area contributed by atoms with Crippen molar-refractivity contribution < 1.29 is 18.7 Å². The van der Waals surface area contributed by atoms with Crippen LogP contribution in [0, 0.1) is 5.82 Å². The van der Waals surface area contributed by atoms with Gasteiger partial charge in [-0.25, -0.2) is 4.39 Å². The zero-order chi connectivity index (χ0) is 23.4. The Labute approximate surface area is 192 Å². The van der Waals surface area contributed by atoms with E-state index in [2.05, 4.69) is 15.5 Å². The first-order chi connectivity index (χ1) is 16.1. The highest BCUT2D eigenvalue weighted by Gasteiger charge is 2.42. The largest absolute Gasteiger partial charge is 0.493 e. The molecule has 0 bridgehead atoms. The van der Waals surface area contributed by atoms with Gasteiger partial charge >= 0.3 is 0 Å². The number of carbonyl (C=O) groups is 1. The normalized spacial score (nSPS) is 18.5. The quantitative estimate of drug-likeness (QED) is 0.620. The van der Waals surface area contributed by atoms with Gasteiger partial charge in [-0.15, -0.1) is 10.2 Å². The van der Waals surface area contributed by atoms with Crippen LogP contribution in [-0.2, 0) is 16.1 Å². The molecule has 0 spiro atoms. The summed E-state index contributed by atoms with van der Waals surface area (Å²) in [6.45, 7) is 5.05. The molecule has 2 atom stereocenters. The molecule has 5 rings (SSSR count). The minimum absolute atomic E-state index is 0.0952. The van der Waals surface area contributed by atoms with E-state index in [1.54, 1.807) is 12.1 Å². The summed E-state index contributed by atoms with van der Waals surface area (Å²) < 4.78 is 25.5. The highest BCUT2D eigenvalue weighted by molar-refractivity contribution is 6.03. The summed E-state index contributed by atoms with van der Waals surface area (Å²) in [6, 6.07) is 16.1. The number of halogens is 1. The van der Waals surface area contributed by atoms with Crippen LogP contribution in [0.5, 0.6) is 5.75 Å². The Morgan fingerprint density at radius 1 is 1.12 bits per heavy atom. The number of benzene rings is 2. The van der Waals surface area contributed by atoms with E-state index in [0.29, 0.717) is 36.6 Å². The first kappa shape index (κ1) is 22.7. The van der Waals surface area contributed by atoms with Crippen molar-refractivity contribution >= 4 is 17.4 Å². The number of carbonyl (C=O) groups excluding carboxylic acids is 1. The Morgan fingerprint density at radius 2 is 1.91 bits per heavy atom. The highest BCUT2D eigenvalue weighted by Crippen LogP contribution is 2.39. The van der Waals surface area contributed by atoms with E-state index in [-0.39, 0.29) is 23.8 Å². The predicted octanol–water partition coefficient (Wildman–Crippen LogP) is 4.43. The SMILES string of the molecule is CC.COc1c(F)cccc1-c1cc2c(nn1)NC(=O)C1CC(OCc3ccccc3)CN21. The smallest absolute Gasteiger partial charge is 0.248 e. The molecule has 7 nitrogen and oxygen atoms in total. The summed E-state index contributed by atoms with van der Waals surface area (Å²) in [5.74, 6) is -0.0901. The number of amides is 1. The fourth-order valence-corrected chi connectivity index (χ4v) is 4.16. The highest BCUT2D eigenvalue weighted by atomic mass is 19.1. The molecule has 1 amide bonds. The van der Waals surface area contributed by atoms with Crippen molar-refractivity contribution in [1.82, 2.24) is 10.2 Å². The molecule has 0 saturated carbocycles. The van der Waals surface area contributed by atoms with E-state index in [9.17, 15) is 9.18 Å². The maximum atomic E-state index is 14.2. The van der Waals surface area contributed by atoms with Gasteiger partial charge in [0.05, 0.1) is 31.2 Å². The molecule has 1 N–H and O–H groups in total. The summed E-state index contributed by atoms with van der Waals surface area (Å²) in [6.07, 6.45) is 0.487. The number of nitrogens with one attached hydrogen (secondary N) is 1. The number of aromatic nitrogens is 2. The molecule has 2 aliphatic heterocycles. The van der Waals surface area contributed by atoms with Gasteiger partial charge < -0.3 is 19.7 Å². The zero-order valence-electron chi connectivity index (χ0n) is 18.9. The van der Waals surface area contributed by atoms with Crippen LogP contribution >= 0.6 is 0 Å². The molecular weight excluding hydrogens is 423 g/mol. The van der Waals surface area contributed by atoms with Crippen molar-refractivity contribution in [1.29, 1.82) is 0 Å². The fraction of sp³-hybridized carbons (Fsp3) is 0.320. The number of hydrogen-bond acceptors (Lipinski definition) is 6. The van der Waals surface area contributed by atoms with Crippen LogP contribution < -0.4 is 15.0 Å². The van der Waals surface area contributed by atoms with Crippen molar-refractivity contribution in [3.05, 3.63) is 66.0 Å². The third kappa shape index (κ3) is 4.52. The van der Waals surface area contributed by atoms with Crippen LogP contribution in [0.4, 0.5) is 15.9 Å². The first-order valence-corrected chi connectivity index (χ1v) is 11.1. The number of anilines is 2. The van der Waals surface area contributed by atoms with Crippen LogP contribution in [0.1, 0.15) is 25.8 Å². The van der Waals surface area contributed by atoms with Gasteiger partial charge in [0.1, 0.15) is 6.04 Å². The standard InChI is InChI=1S/C23H21FN4O3.C2H6/c1-30-21-16(8-5-9-17(21)24)18-11-19-22(27-26-18)25-23(29)20-10-15(12-28(19)20)31-13-14-6-3-2-4-7-14;1-2/h2-9,11,15,20H,10,12-13H2,1H3,(H,25,27,29);1-2H3. The van der Waals surface area contributed by atoms with Crippen LogP contribution in [-0.4, -0.2) is 41.9 Å². The summed E-state index contributed by atoms with van der Waals surface area (Å²) in [4.78, 5) is 14.6. The maximum absolute atomic E-state index is 14.2. The van der Waals surface area contributed by atoms with Gasteiger partial charge in [-0.1, -0.05) is 50.2 Å². The van der Waals surface area contributed by atoms with Crippen molar-refractivity contribution in [3.8, 4) is 17.0 Å². The second-order valence-corrected chi connectivity index (χ2v) is 7.60. The number of ether oxygens (including phenoxy) is 2. The number of rotatable bonds is 5. The summed E-state index contributed by atoms with van der Waals surface area (Å²) in [5, 5.41) is 11.2. The minimum Gasteiger partial charge on any atom is -0.493 e. The summed E-state index contributed by atoms with van der Waals surface area (Å²) >= 11 is 0. The Balaban J connectivity index is 0.00000126. The lowest BCUT2D eigenvalue weighted by atomic mass is 10.1. The second kappa shape index (κ2) is 9.95. The molecule has 1 saturated heterocycles. The molecule has 8 heteroatoms. The number of nitrogens with zero attached hydrogens (tertiary/aromatic N) is 3. The Morgan fingerprint density at radius 3 is 2.67 bits per heavy atom. The predicted molar refractivity (Wildman–Crippen MR) is 125 cm³/mol. The van der Waals surface area contributed by atoms with E-state index >= 15 is 0 Å². The number of hydrogen-bond donors (Lipinski definition) is 1. The van der Waals surface area contributed by atoms with Crippen molar-refractivity contribution in [2.45, 2.75) is 39.0 Å². The van der Waals surface area contributed by atoms with Gasteiger partial charge in [-0.05, 0) is 23.8 Å². The van der Waals surface area contributed by atoms with E-state index < -0.39 is 5.82 Å². The van der Waals surface area contributed by atoms with Crippen molar-refractivity contribution in [3.63, 3.8) is 0 Å². The van der Waals surface area contributed by atoms with E-state index in [4.69, 9.17) is 9.47 Å². The minimum atomic E-state index is -0.471. The summed E-state index contributed by atoms with van der Waals surface area (Å²) in [7, 11) is 1.42. The van der Waals surface area contributed by atoms with Crippen LogP contribution in [0.15, 0.2) is 54.6 Å². The van der Waals surface area contributed by atoms with Gasteiger partial charge in [-0.3, -0.25) is 4.79 Å². The topological polar surface area (TPSA) is 76.6 Å². The molecule has 3 aromatic rings. The Bertz CT molecular complexity index is 1130. The fourth-order valence-electron chi connectivity index (χ4n) is 4.16. The number of fused-ring (bicyclic) bond motifs is 3. The van der Waals surface area contributed by atoms with Crippen molar-refractivity contribution in [2.75, 3.05) is 23.9 Å². The van der Waals surface area contributed by atoms with Crippen LogP contribution in [0.2, 0.25) is 0 Å². The molecule has 2 aromatic carbocycles. The zero-order valence-corrected chi connectivity index (χ0v) is 18.9. The average molecular weight is 451 g/mol. The second-order valence-electron chi connectivity index (χ2n) is 7.60. The first-order valence-electron chi connectivity index (χ1n) is 11.1. The van der Waals surface area contributed by atoms with Crippen LogP contribution in [0.3, 0.4) is 0 Å². The Hall–Kier alpha value is -3.52. The maximum Gasteiger partial charge on any atom is 0.248 e. The Kier molecular flexibility index (Phi) is 6.84. The van der Waals surface area contributed by atoms with Gasteiger partial charge in [0.2, 0.25) is 5.91 Å². The van der Waals surface area contributed by atoms with E-state index in [1.807, 2.05) is 55.1 Å². The third-order valence-electron chi connectivity index (χ3n) is 5.67. The molecule has 1 aromatic heterocycles. The third-order valence-corrected chi connectivity index (χ3v) is 5.67. The molecule has 2 aliphatic rings. The number of methoxy groups -OCH3 is 1. The van der Waals surface area contributed by atoms with Gasteiger partial charge in [0, 0.05) is 18.5 Å². The van der Waals surface area contributed by atoms with Gasteiger partial charge in [0.25, 0.3) is 0 Å². The lowest BCUT2D eigenvalue weighted by Gasteiger charge is -2.31. The molecule has 1 fully saturated rings. The summed E-state index contributed by atoms with van der Waals surface area (Å²) in [5.41, 5.74) is 2.80.